The molecule has 6 heteroatoms. The minimum Gasteiger partial charge on any atom is -0.382 e. The highest BCUT2D eigenvalue weighted by Gasteiger charge is 2.09. The second-order valence-corrected chi connectivity index (χ2v) is 4.48. The summed E-state index contributed by atoms with van der Waals surface area (Å²) >= 11 is 0. The van der Waals surface area contributed by atoms with Crippen LogP contribution in [0.3, 0.4) is 0 Å². The minimum atomic E-state index is -2.69. The molecule has 11 heavy (non-hydrogen) atoms. The Balaban J connectivity index is 3.36. The van der Waals surface area contributed by atoms with E-state index in [2.05, 4.69) is 5.10 Å². The molecule has 1 aromatic heterocycles. The van der Waals surface area contributed by atoms with Crippen LogP contribution in [0.1, 0.15) is 0 Å². The van der Waals surface area contributed by atoms with Gasteiger partial charge in [-0.2, -0.15) is 5.10 Å². The van der Waals surface area contributed by atoms with E-state index < -0.39 is 9.73 Å². The van der Waals surface area contributed by atoms with Gasteiger partial charge in [-0.15, -0.1) is 0 Å². The molecule has 0 bridgehead atoms. The molecule has 0 aliphatic carbocycles. The highest BCUT2D eigenvalue weighted by atomic mass is 32.2. The zero-order valence-corrected chi connectivity index (χ0v) is 7.18. The Morgan fingerprint density at radius 3 is 2.55 bits per heavy atom. The summed E-state index contributed by atoms with van der Waals surface area (Å²) < 4.78 is 19.8. The first-order valence-electron chi connectivity index (χ1n) is 2.94. The van der Waals surface area contributed by atoms with Crippen LogP contribution in [0.5, 0.6) is 0 Å². The summed E-state index contributed by atoms with van der Waals surface area (Å²) in [5.74, 6) is 0.296. The first-order valence-corrected chi connectivity index (χ1v) is 4.91. The summed E-state index contributed by atoms with van der Waals surface area (Å²) in [6, 6.07) is 1.45. The molecule has 1 heterocycles. The first-order chi connectivity index (χ1) is 4.91. The van der Waals surface area contributed by atoms with Crippen LogP contribution in [0.4, 0.5) is 5.82 Å². The van der Waals surface area contributed by atoms with Crippen molar-refractivity contribution in [2.45, 2.75) is 5.03 Å². The van der Waals surface area contributed by atoms with E-state index in [4.69, 9.17) is 10.5 Å². The standard InChI is InChI=1S/C5H10N4OS/c1-9-5(11(2,7)10)3-4(6)8-9/h3,7H,1-2H3,(H2,6,8). The van der Waals surface area contributed by atoms with Gasteiger partial charge in [-0.05, 0) is 0 Å². The Labute approximate surface area is 65.2 Å². The van der Waals surface area contributed by atoms with Crippen LogP contribution in [-0.4, -0.2) is 20.2 Å². The number of rotatable bonds is 1. The topological polar surface area (TPSA) is 84.8 Å². The molecule has 0 spiro atoms. The van der Waals surface area contributed by atoms with Crippen molar-refractivity contribution in [3.8, 4) is 0 Å². The average Bonchev–Trinajstić information content (AvgIpc) is 2.08. The van der Waals surface area contributed by atoms with E-state index in [9.17, 15) is 4.21 Å². The fourth-order valence-corrected chi connectivity index (χ4v) is 1.73. The predicted octanol–water partition coefficient (Wildman–Crippen LogP) is 0.0378. The fourth-order valence-electron chi connectivity index (χ4n) is 0.836. The normalized spacial score (nSPS) is 16.2. The van der Waals surface area contributed by atoms with Gasteiger partial charge >= 0.3 is 0 Å². The van der Waals surface area contributed by atoms with E-state index in [1.165, 1.54) is 17.0 Å². The molecule has 0 aromatic carbocycles. The highest BCUT2D eigenvalue weighted by Crippen LogP contribution is 2.10. The van der Waals surface area contributed by atoms with Crippen molar-refractivity contribution in [3.63, 3.8) is 0 Å². The molecule has 1 aromatic rings. The molecule has 0 fully saturated rings. The van der Waals surface area contributed by atoms with Crippen molar-refractivity contribution < 1.29 is 4.21 Å². The maximum atomic E-state index is 11.2. The SMILES string of the molecule is Cn1nc(N)cc1S(C)(=N)=O. The van der Waals surface area contributed by atoms with E-state index in [1.807, 2.05) is 0 Å². The lowest BCUT2D eigenvalue weighted by atomic mass is 10.7. The van der Waals surface area contributed by atoms with Gasteiger partial charge in [0.2, 0.25) is 0 Å². The summed E-state index contributed by atoms with van der Waals surface area (Å²) in [6.45, 7) is 0. The monoisotopic (exact) mass is 174 g/mol. The Bertz CT molecular complexity index is 364. The maximum absolute atomic E-state index is 11.2. The van der Waals surface area contributed by atoms with Gasteiger partial charge in [-0.1, -0.05) is 0 Å². The molecule has 0 saturated heterocycles. The van der Waals surface area contributed by atoms with E-state index in [0.717, 1.165) is 0 Å². The predicted molar refractivity (Wildman–Crippen MR) is 42.7 cm³/mol. The molecule has 0 aliphatic heterocycles. The Morgan fingerprint density at radius 1 is 1.82 bits per heavy atom. The van der Waals surface area contributed by atoms with Gasteiger partial charge in [-0.25, -0.2) is 8.99 Å². The third kappa shape index (κ3) is 1.51. The van der Waals surface area contributed by atoms with Crippen molar-refractivity contribution in [1.29, 1.82) is 4.78 Å². The number of anilines is 1. The molecule has 1 unspecified atom stereocenters. The van der Waals surface area contributed by atoms with Gasteiger partial charge in [0.05, 0.1) is 9.73 Å². The van der Waals surface area contributed by atoms with Crippen molar-refractivity contribution in [1.82, 2.24) is 9.78 Å². The van der Waals surface area contributed by atoms with Gasteiger partial charge in [-0.3, -0.25) is 4.68 Å². The number of hydrogen-bond donors (Lipinski definition) is 2. The number of aryl methyl sites for hydroxylation is 1. The van der Waals surface area contributed by atoms with Crippen molar-refractivity contribution in [2.75, 3.05) is 12.0 Å². The molecule has 0 radical (unpaired) electrons. The van der Waals surface area contributed by atoms with Gasteiger partial charge in [0, 0.05) is 19.4 Å². The van der Waals surface area contributed by atoms with Crippen LogP contribution < -0.4 is 5.73 Å². The molecular formula is C5H10N4OS. The van der Waals surface area contributed by atoms with E-state index in [-0.39, 0.29) is 0 Å². The van der Waals surface area contributed by atoms with Crippen molar-refractivity contribution in [2.24, 2.45) is 7.05 Å². The third-order valence-corrected chi connectivity index (χ3v) is 2.44. The second-order valence-electron chi connectivity index (χ2n) is 2.37. The number of hydrogen-bond acceptors (Lipinski definition) is 4. The highest BCUT2D eigenvalue weighted by molar-refractivity contribution is 7.91. The first kappa shape index (κ1) is 8.06. The molecule has 0 aliphatic rings. The Kier molecular flexibility index (Phi) is 1.63. The lowest BCUT2D eigenvalue weighted by molar-refractivity contribution is 0.648. The quantitative estimate of drug-likeness (QED) is 0.630. The van der Waals surface area contributed by atoms with Crippen LogP contribution >= 0.6 is 0 Å². The molecule has 1 atom stereocenters. The van der Waals surface area contributed by atoms with E-state index >= 15 is 0 Å². The van der Waals surface area contributed by atoms with Gasteiger partial charge in [0.25, 0.3) is 0 Å². The van der Waals surface area contributed by atoms with Crippen LogP contribution in [0, 0.1) is 4.78 Å². The summed E-state index contributed by atoms with van der Waals surface area (Å²) in [6.07, 6.45) is 1.34. The number of aromatic nitrogens is 2. The van der Waals surface area contributed by atoms with E-state index in [1.54, 1.807) is 7.05 Å². The maximum Gasteiger partial charge on any atom is 0.146 e. The lowest BCUT2D eigenvalue weighted by Crippen LogP contribution is -2.03. The minimum absolute atomic E-state index is 0.296. The van der Waals surface area contributed by atoms with Crippen molar-refractivity contribution >= 4 is 15.5 Å². The molecule has 62 valence electrons. The fraction of sp³-hybridized carbons (Fsp3) is 0.400. The zero-order chi connectivity index (χ0) is 8.65. The Morgan fingerprint density at radius 2 is 2.36 bits per heavy atom. The summed E-state index contributed by atoms with van der Waals surface area (Å²) in [7, 11) is -1.08. The van der Waals surface area contributed by atoms with E-state index in [0.29, 0.717) is 10.8 Å². The number of nitrogens with one attached hydrogen (secondary N) is 1. The molecular weight excluding hydrogens is 164 g/mol. The number of nitrogens with two attached hydrogens (primary N) is 1. The second kappa shape index (κ2) is 2.23. The van der Waals surface area contributed by atoms with Crippen LogP contribution in [-0.2, 0) is 16.8 Å². The lowest BCUT2D eigenvalue weighted by Gasteiger charge is -1.98. The molecule has 5 nitrogen and oxygen atoms in total. The molecule has 0 amide bonds. The van der Waals surface area contributed by atoms with Crippen LogP contribution in [0.25, 0.3) is 0 Å². The number of nitrogen functional groups attached to an aromatic ring is 1. The third-order valence-electron chi connectivity index (χ3n) is 1.25. The Hall–Kier alpha value is -1.04. The van der Waals surface area contributed by atoms with Crippen LogP contribution in [0.2, 0.25) is 0 Å². The summed E-state index contributed by atoms with van der Waals surface area (Å²) in [5.41, 5.74) is 5.34. The molecule has 3 N–H and O–H groups in total. The van der Waals surface area contributed by atoms with Gasteiger partial charge in [0.1, 0.15) is 10.8 Å². The molecule has 0 saturated carbocycles. The van der Waals surface area contributed by atoms with Crippen molar-refractivity contribution in [3.05, 3.63) is 6.07 Å². The molecule has 1 rings (SSSR count). The number of nitrogens with zero attached hydrogens (tertiary/aromatic N) is 2. The zero-order valence-electron chi connectivity index (χ0n) is 6.37. The summed E-state index contributed by atoms with van der Waals surface area (Å²) in [4.78, 5) is 0. The summed E-state index contributed by atoms with van der Waals surface area (Å²) in [5, 5.41) is 4.13. The largest absolute Gasteiger partial charge is 0.382 e. The average molecular weight is 174 g/mol. The van der Waals surface area contributed by atoms with Crippen LogP contribution in [0.15, 0.2) is 11.1 Å². The van der Waals surface area contributed by atoms with Gasteiger partial charge in [0.15, 0.2) is 0 Å². The van der Waals surface area contributed by atoms with Gasteiger partial charge < -0.3 is 5.73 Å². The smallest absolute Gasteiger partial charge is 0.146 e.